The van der Waals surface area contributed by atoms with Gasteiger partial charge in [0.25, 0.3) is 0 Å². The average Bonchev–Trinajstić information content (AvgIpc) is 2.57. The Kier molecular flexibility index (Phi) is 3.75. The van der Waals surface area contributed by atoms with Crippen LogP contribution in [0, 0.1) is 0 Å². The van der Waals surface area contributed by atoms with E-state index in [1.165, 1.54) is 12.5 Å². The lowest BCUT2D eigenvalue weighted by molar-refractivity contribution is -0.143. The van der Waals surface area contributed by atoms with Crippen molar-refractivity contribution in [3.05, 3.63) is 24.2 Å². The van der Waals surface area contributed by atoms with Crippen LogP contribution in [-0.2, 0) is 9.63 Å². The van der Waals surface area contributed by atoms with Gasteiger partial charge >= 0.3 is 5.97 Å². The van der Waals surface area contributed by atoms with Gasteiger partial charge in [0.15, 0.2) is 0 Å². The van der Waals surface area contributed by atoms with Crippen molar-refractivity contribution in [3.63, 3.8) is 0 Å². The normalized spacial score (nSPS) is 10.5. The van der Waals surface area contributed by atoms with E-state index in [1.807, 2.05) is 6.92 Å². The van der Waals surface area contributed by atoms with Gasteiger partial charge < -0.3 is 9.25 Å². The summed E-state index contributed by atoms with van der Waals surface area (Å²) in [6, 6.07) is 3.45. The Morgan fingerprint density at radius 1 is 1.77 bits per heavy atom. The van der Waals surface area contributed by atoms with Gasteiger partial charge in [0.1, 0.15) is 12.0 Å². The van der Waals surface area contributed by atoms with Crippen molar-refractivity contribution in [2.45, 2.75) is 19.8 Å². The predicted molar refractivity (Wildman–Crippen MR) is 47.3 cm³/mol. The molecule has 0 unspecified atom stereocenters. The maximum atomic E-state index is 10.8. The van der Waals surface area contributed by atoms with Crippen LogP contribution in [0.5, 0.6) is 0 Å². The molecule has 0 aliphatic heterocycles. The average molecular weight is 181 g/mol. The highest BCUT2D eigenvalue weighted by Gasteiger charge is 1.98. The molecule has 0 spiro atoms. The fourth-order valence-corrected chi connectivity index (χ4v) is 0.752. The number of carbonyl (C=O) groups excluding carboxylic acids is 1. The highest BCUT2D eigenvalue weighted by atomic mass is 16.7. The van der Waals surface area contributed by atoms with Crippen molar-refractivity contribution in [2.75, 3.05) is 0 Å². The molecule has 0 amide bonds. The number of oxime groups is 1. The Morgan fingerprint density at radius 3 is 3.23 bits per heavy atom. The molecule has 1 heterocycles. The van der Waals surface area contributed by atoms with Crippen LogP contribution < -0.4 is 0 Å². The van der Waals surface area contributed by atoms with E-state index in [1.54, 1.807) is 12.1 Å². The second kappa shape index (κ2) is 5.13. The van der Waals surface area contributed by atoms with Crippen LogP contribution in [0.15, 0.2) is 28.0 Å². The summed E-state index contributed by atoms with van der Waals surface area (Å²) >= 11 is 0. The van der Waals surface area contributed by atoms with E-state index in [-0.39, 0.29) is 5.97 Å². The summed E-state index contributed by atoms with van der Waals surface area (Å²) in [4.78, 5) is 15.3. The van der Waals surface area contributed by atoms with Crippen LogP contribution in [0.25, 0.3) is 0 Å². The Hall–Kier alpha value is -1.58. The molecule has 0 atom stereocenters. The molecule has 0 N–H and O–H groups in total. The molecule has 13 heavy (non-hydrogen) atoms. The summed E-state index contributed by atoms with van der Waals surface area (Å²) in [5, 5.41) is 3.46. The highest BCUT2D eigenvalue weighted by Crippen LogP contribution is 1.96. The van der Waals surface area contributed by atoms with Gasteiger partial charge in [-0.1, -0.05) is 12.1 Å². The smallest absolute Gasteiger partial charge is 0.335 e. The first-order valence-corrected chi connectivity index (χ1v) is 4.09. The molecule has 4 nitrogen and oxygen atoms in total. The summed E-state index contributed by atoms with van der Waals surface area (Å²) in [5.41, 5.74) is 0. The van der Waals surface area contributed by atoms with Crippen LogP contribution in [-0.4, -0.2) is 12.2 Å². The van der Waals surface area contributed by atoms with E-state index in [4.69, 9.17) is 4.42 Å². The lowest BCUT2D eigenvalue weighted by Gasteiger charge is -1.92. The van der Waals surface area contributed by atoms with E-state index in [0.29, 0.717) is 12.2 Å². The van der Waals surface area contributed by atoms with Crippen LogP contribution in [0.1, 0.15) is 25.5 Å². The maximum absolute atomic E-state index is 10.8. The fraction of sp³-hybridized carbons (Fsp3) is 0.333. The zero-order valence-corrected chi connectivity index (χ0v) is 7.40. The third-order valence-corrected chi connectivity index (χ3v) is 1.33. The molecule has 0 saturated heterocycles. The van der Waals surface area contributed by atoms with E-state index in [9.17, 15) is 4.79 Å². The minimum atomic E-state index is -0.328. The molecular weight excluding hydrogens is 170 g/mol. The third kappa shape index (κ3) is 3.55. The first-order valence-electron chi connectivity index (χ1n) is 4.09. The number of rotatable bonds is 4. The first kappa shape index (κ1) is 9.51. The Bertz CT molecular complexity index is 277. The van der Waals surface area contributed by atoms with E-state index >= 15 is 0 Å². The van der Waals surface area contributed by atoms with Gasteiger partial charge in [0.05, 0.1) is 6.26 Å². The third-order valence-electron chi connectivity index (χ3n) is 1.33. The van der Waals surface area contributed by atoms with Gasteiger partial charge in [-0.15, -0.1) is 0 Å². The van der Waals surface area contributed by atoms with Crippen molar-refractivity contribution in [1.82, 2.24) is 0 Å². The van der Waals surface area contributed by atoms with Crippen molar-refractivity contribution < 1.29 is 14.0 Å². The second-order valence-electron chi connectivity index (χ2n) is 2.46. The molecule has 1 rings (SSSR count). The zero-order valence-electron chi connectivity index (χ0n) is 7.40. The summed E-state index contributed by atoms with van der Waals surface area (Å²) in [6.07, 6.45) is 4.02. The molecule has 4 heteroatoms. The van der Waals surface area contributed by atoms with Crippen molar-refractivity contribution in [2.24, 2.45) is 5.16 Å². The molecule has 70 valence electrons. The SMILES string of the molecule is CCCC(=O)O/N=C\c1ccco1. The molecule has 0 radical (unpaired) electrons. The van der Waals surface area contributed by atoms with Crippen molar-refractivity contribution >= 4 is 12.2 Å². The fourth-order valence-electron chi connectivity index (χ4n) is 0.752. The van der Waals surface area contributed by atoms with Crippen LogP contribution >= 0.6 is 0 Å². The van der Waals surface area contributed by atoms with Crippen LogP contribution in [0.4, 0.5) is 0 Å². The van der Waals surface area contributed by atoms with E-state index < -0.39 is 0 Å². The quantitative estimate of drug-likeness (QED) is 0.405. The van der Waals surface area contributed by atoms with Crippen molar-refractivity contribution in [3.8, 4) is 0 Å². The highest BCUT2D eigenvalue weighted by molar-refractivity contribution is 5.76. The molecule has 0 aliphatic carbocycles. The van der Waals surface area contributed by atoms with Crippen LogP contribution in [0.2, 0.25) is 0 Å². The minimum absolute atomic E-state index is 0.328. The number of nitrogens with zero attached hydrogens (tertiary/aromatic N) is 1. The molecule has 0 aliphatic rings. The number of hydrogen-bond donors (Lipinski definition) is 0. The Balaban J connectivity index is 2.30. The van der Waals surface area contributed by atoms with E-state index in [2.05, 4.69) is 9.99 Å². The van der Waals surface area contributed by atoms with Gasteiger partial charge in [-0.05, 0) is 18.6 Å². The van der Waals surface area contributed by atoms with Gasteiger partial charge in [-0.2, -0.15) is 0 Å². The van der Waals surface area contributed by atoms with Crippen LogP contribution in [0.3, 0.4) is 0 Å². The monoisotopic (exact) mass is 181 g/mol. The zero-order chi connectivity index (χ0) is 9.52. The summed E-state index contributed by atoms with van der Waals surface area (Å²) in [7, 11) is 0. The lowest BCUT2D eigenvalue weighted by Crippen LogP contribution is -1.98. The first-order chi connectivity index (χ1) is 6.33. The topological polar surface area (TPSA) is 51.8 Å². The van der Waals surface area contributed by atoms with Gasteiger partial charge in [0, 0.05) is 6.42 Å². The summed E-state index contributed by atoms with van der Waals surface area (Å²) in [5.74, 6) is 0.231. The largest absolute Gasteiger partial charge is 0.463 e. The van der Waals surface area contributed by atoms with Gasteiger partial charge in [-0.3, -0.25) is 0 Å². The number of furan rings is 1. The number of carbonyl (C=O) groups is 1. The molecule has 0 fully saturated rings. The predicted octanol–water partition coefficient (Wildman–Crippen LogP) is 1.96. The molecular formula is C9H11NO3. The lowest BCUT2D eigenvalue weighted by atomic mass is 10.3. The standard InChI is InChI=1S/C9H11NO3/c1-2-4-9(11)13-10-7-8-5-3-6-12-8/h3,5-7H,2,4H2,1H3/b10-7-. The second-order valence-corrected chi connectivity index (χ2v) is 2.46. The summed E-state index contributed by atoms with van der Waals surface area (Å²) < 4.78 is 4.93. The molecule has 0 bridgehead atoms. The van der Waals surface area contributed by atoms with E-state index in [0.717, 1.165) is 6.42 Å². The van der Waals surface area contributed by atoms with Gasteiger partial charge in [0.2, 0.25) is 0 Å². The van der Waals surface area contributed by atoms with Crippen molar-refractivity contribution in [1.29, 1.82) is 0 Å². The molecule has 0 aromatic carbocycles. The minimum Gasteiger partial charge on any atom is -0.463 e. The molecule has 1 aromatic rings. The summed E-state index contributed by atoms with van der Waals surface area (Å²) in [6.45, 7) is 1.90. The Labute approximate surface area is 76.2 Å². The Morgan fingerprint density at radius 2 is 2.62 bits per heavy atom. The molecule has 1 aromatic heterocycles. The maximum Gasteiger partial charge on any atom is 0.335 e. The number of hydrogen-bond acceptors (Lipinski definition) is 4. The van der Waals surface area contributed by atoms with Gasteiger partial charge in [-0.25, -0.2) is 4.79 Å². The molecule has 0 saturated carbocycles.